The number of fused-ring (bicyclic) bond motifs is 1. The lowest BCUT2D eigenvalue weighted by atomic mass is 9.97. The van der Waals surface area contributed by atoms with Crippen LogP contribution in [-0.2, 0) is 11.2 Å². The smallest absolute Gasteiger partial charge is 0.231 e. The summed E-state index contributed by atoms with van der Waals surface area (Å²) < 4.78 is 18.1. The van der Waals surface area contributed by atoms with Gasteiger partial charge in [-0.15, -0.1) is 0 Å². The van der Waals surface area contributed by atoms with Gasteiger partial charge < -0.3 is 14.7 Å². The Morgan fingerprint density at radius 1 is 1.30 bits per heavy atom. The number of rotatable bonds is 3. The number of ether oxygens (including phenoxy) is 1. The van der Waals surface area contributed by atoms with Crippen LogP contribution in [0.25, 0.3) is 0 Å². The molecule has 0 aromatic heterocycles. The molecule has 1 amide bonds. The van der Waals surface area contributed by atoms with Crippen molar-refractivity contribution in [3.8, 4) is 5.75 Å². The second-order valence-electron chi connectivity index (χ2n) is 5.58. The highest BCUT2D eigenvalue weighted by molar-refractivity contribution is 5.96. The van der Waals surface area contributed by atoms with E-state index < -0.39 is 6.10 Å². The lowest BCUT2D eigenvalue weighted by Gasteiger charge is -2.32. The van der Waals surface area contributed by atoms with Crippen LogP contribution in [-0.4, -0.2) is 24.7 Å². The van der Waals surface area contributed by atoms with Crippen LogP contribution in [0, 0.1) is 5.82 Å². The Morgan fingerprint density at radius 3 is 2.74 bits per heavy atom. The van der Waals surface area contributed by atoms with Gasteiger partial charge in [-0.05, 0) is 42.3 Å². The topological polar surface area (TPSA) is 49.8 Å². The van der Waals surface area contributed by atoms with Crippen LogP contribution in [0.4, 0.5) is 10.1 Å². The Morgan fingerprint density at radius 2 is 2.04 bits per heavy atom. The number of halogens is 1. The zero-order chi connectivity index (χ0) is 16.4. The van der Waals surface area contributed by atoms with Gasteiger partial charge in [0, 0.05) is 17.8 Å². The quantitative estimate of drug-likeness (QED) is 0.947. The van der Waals surface area contributed by atoms with Crippen LogP contribution in [0.3, 0.4) is 0 Å². The highest BCUT2D eigenvalue weighted by Gasteiger charge is 2.27. The third-order valence-electron chi connectivity index (χ3n) is 4.08. The minimum absolute atomic E-state index is 0.0741. The Labute approximate surface area is 134 Å². The van der Waals surface area contributed by atoms with Crippen molar-refractivity contribution in [2.24, 2.45) is 0 Å². The van der Waals surface area contributed by atoms with Gasteiger partial charge in [0.25, 0.3) is 0 Å². The van der Waals surface area contributed by atoms with E-state index in [9.17, 15) is 14.3 Å². The fourth-order valence-corrected chi connectivity index (χ4v) is 2.83. The Kier molecular flexibility index (Phi) is 4.30. The number of carbonyl (C=O) groups is 1. The molecule has 3 rings (SSSR count). The molecule has 0 spiro atoms. The van der Waals surface area contributed by atoms with Crippen LogP contribution in [0.2, 0.25) is 0 Å². The first-order valence-corrected chi connectivity index (χ1v) is 7.49. The van der Waals surface area contributed by atoms with E-state index in [1.54, 1.807) is 42.3 Å². The number of aliphatic hydroxyl groups is 1. The fraction of sp³-hybridized carbons (Fsp3) is 0.278. The van der Waals surface area contributed by atoms with Crippen molar-refractivity contribution in [2.75, 3.05) is 18.6 Å². The molecule has 0 saturated heterocycles. The summed E-state index contributed by atoms with van der Waals surface area (Å²) in [6.07, 6.45) is 0.0759. The van der Waals surface area contributed by atoms with Crippen LogP contribution < -0.4 is 9.64 Å². The van der Waals surface area contributed by atoms with Crippen molar-refractivity contribution in [1.29, 1.82) is 0 Å². The largest absolute Gasteiger partial charge is 0.497 e. The number of methoxy groups -OCH3 is 1. The molecule has 1 aliphatic heterocycles. The van der Waals surface area contributed by atoms with Gasteiger partial charge in [-0.25, -0.2) is 4.39 Å². The fourth-order valence-electron chi connectivity index (χ4n) is 2.83. The zero-order valence-electron chi connectivity index (χ0n) is 12.8. The number of anilines is 1. The van der Waals surface area contributed by atoms with Gasteiger partial charge in [0.15, 0.2) is 0 Å². The molecule has 5 heteroatoms. The molecule has 120 valence electrons. The van der Waals surface area contributed by atoms with Gasteiger partial charge in [-0.1, -0.05) is 12.1 Å². The number of carbonyl (C=O) groups excluding carboxylic acids is 1. The van der Waals surface area contributed by atoms with Crippen LogP contribution in [0.5, 0.6) is 5.75 Å². The summed E-state index contributed by atoms with van der Waals surface area (Å²) in [5.41, 5.74) is 2.16. The normalized spacial score (nSPS) is 16.8. The van der Waals surface area contributed by atoms with Crippen molar-refractivity contribution < 1.29 is 19.0 Å². The minimum Gasteiger partial charge on any atom is -0.497 e. The third kappa shape index (κ3) is 3.19. The molecule has 0 fully saturated rings. The first kappa shape index (κ1) is 15.5. The molecule has 2 aromatic rings. The van der Waals surface area contributed by atoms with Crippen molar-refractivity contribution in [2.45, 2.75) is 18.9 Å². The average molecular weight is 315 g/mol. The van der Waals surface area contributed by atoms with Crippen LogP contribution >= 0.6 is 0 Å². The third-order valence-corrected chi connectivity index (χ3v) is 4.08. The maximum absolute atomic E-state index is 13.0. The summed E-state index contributed by atoms with van der Waals surface area (Å²) >= 11 is 0. The van der Waals surface area contributed by atoms with E-state index in [1.165, 1.54) is 12.1 Å². The van der Waals surface area contributed by atoms with Crippen molar-refractivity contribution in [3.05, 3.63) is 59.4 Å². The van der Waals surface area contributed by atoms with Gasteiger partial charge in [0.05, 0.1) is 19.6 Å². The van der Waals surface area contributed by atoms with E-state index in [4.69, 9.17) is 4.74 Å². The van der Waals surface area contributed by atoms with E-state index in [2.05, 4.69) is 0 Å². The number of nitrogens with zero attached hydrogens (tertiary/aromatic N) is 1. The molecule has 4 nitrogen and oxygen atoms in total. The molecule has 0 bridgehead atoms. The monoisotopic (exact) mass is 315 g/mol. The standard InChI is InChI=1S/C18H18FNO3/c1-23-14-6-7-16-15(11-14)17(21)8-9-20(16)18(22)10-12-2-4-13(19)5-3-12/h2-7,11,17,21H,8-10H2,1H3. The van der Waals surface area contributed by atoms with Crippen molar-refractivity contribution >= 4 is 11.6 Å². The van der Waals surface area contributed by atoms with Crippen molar-refractivity contribution in [1.82, 2.24) is 0 Å². The predicted octanol–water partition coefficient (Wildman–Crippen LogP) is 2.85. The number of hydrogen-bond acceptors (Lipinski definition) is 3. The number of aliphatic hydroxyl groups excluding tert-OH is 1. The van der Waals surface area contributed by atoms with E-state index in [0.29, 0.717) is 30.0 Å². The summed E-state index contributed by atoms with van der Waals surface area (Å²) in [6, 6.07) is 11.2. The van der Waals surface area contributed by atoms with E-state index >= 15 is 0 Å². The molecule has 1 heterocycles. The summed E-state index contributed by atoms with van der Waals surface area (Å²) in [5, 5.41) is 10.2. The Balaban J connectivity index is 1.85. The number of hydrogen-bond donors (Lipinski definition) is 1. The predicted molar refractivity (Wildman–Crippen MR) is 85.0 cm³/mol. The molecule has 0 saturated carbocycles. The van der Waals surface area contributed by atoms with E-state index in [-0.39, 0.29) is 18.1 Å². The van der Waals surface area contributed by atoms with Crippen LogP contribution in [0.15, 0.2) is 42.5 Å². The van der Waals surface area contributed by atoms with Gasteiger partial charge in [-0.3, -0.25) is 4.79 Å². The maximum Gasteiger partial charge on any atom is 0.231 e. The van der Waals surface area contributed by atoms with Gasteiger partial charge in [0.1, 0.15) is 11.6 Å². The molecule has 23 heavy (non-hydrogen) atoms. The molecule has 1 atom stereocenters. The lowest BCUT2D eigenvalue weighted by Crippen LogP contribution is -2.37. The Hall–Kier alpha value is -2.40. The molecule has 1 N–H and O–H groups in total. The second kappa shape index (κ2) is 6.38. The molecule has 2 aromatic carbocycles. The number of benzene rings is 2. The van der Waals surface area contributed by atoms with Gasteiger partial charge in [0.2, 0.25) is 5.91 Å². The SMILES string of the molecule is COc1ccc2c(c1)C(O)CCN2C(=O)Cc1ccc(F)cc1. The highest BCUT2D eigenvalue weighted by atomic mass is 19.1. The van der Waals surface area contributed by atoms with E-state index in [1.807, 2.05) is 0 Å². The van der Waals surface area contributed by atoms with Gasteiger partial charge in [-0.2, -0.15) is 0 Å². The number of amides is 1. The minimum atomic E-state index is -0.602. The second-order valence-corrected chi connectivity index (χ2v) is 5.58. The molecular weight excluding hydrogens is 297 g/mol. The first-order valence-electron chi connectivity index (χ1n) is 7.49. The van der Waals surface area contributed by atoms with Crippen LogP contribution in [0.1, 0.15) is 23.7 Å². The first-order chi connectivity index (χ1) is 11.1. The maximum atomic E-state index is 13.0. The Bertz CT molecular complexity index is 715. The van der Waals surface area contributed by atoms with Crippen molar-refractivity contribution in [3.63, 3.8) is 0 Å². The van der Waals surface area contributed by atoms with Gasteiger partial charge >= 0.3 is 0 Å². The summed E-state index contributed by atoms with van der Waals surface area (Å²) in [5.74, 6) is 0.255. The zero-order valence-corrected chi connectivity index (χ0v) is 12.8. The molecule has 1 aliphatic rings. The summed E-state index contributed by atoms with van der Waals surface area (Å²) in [4.78, 5) is 14.3. The summed E-state index contributed by atoms with van der Waals surface area (Å²) in [7, 11) is 1.56. The highest BCUT2D eigenvalue weighted by Crippen LogP contribution is 2.36. The molecule has 0 radical (unpaired) electrons. The molecule has 1 unspecified atom stereocenters. The lowest BCUT2D eigenvalue weighted by molar-refractivity contribution is -0.118. The molecule has 0 aliphatic carbocycles. The molecular formula is C18H18FNO3. The summed E-state index contributed by atoms with van der Waals surface area (Å²) in [6.45, 7) is 0.459. The average Bonchev–Trinajstić information content (AvgIpc) is 2.57. The van der Waals surface area contributed by atoms with E-state index in [0.717, 1.165) is 5.56 Å².